The van der Waals surface area contributed by atoms with E-state index in [1.165, 1.54) is 0 Å². The van der Waals surface area contributed by atoms with E-state index in [0.29, 0.717) is 10.0 Å². The van der Waals surface area contributed by atoms with E-state index in [4.69, 9.17) is 32.7 Å². The smallest absolute Gasteiger partial charge is 0.231 e. The largest absolute Gasteiger partial charge is 0.454 e. The molecule has 1 heterocycles. The number of hydrogen-bond acceptors (Lipinski definition) is 3. The van der Waals surface area contributed by atoms with Crippen LogP contribution in [0.3, 0.4) is 0 Å². The lowest BCUT2D eigenvalue weighted by molar-refractivity contribution is 0.174. The highest BCUT2D eigenvalue weighted by molar-refractivity contribution is 9.10. The van der Waals surface area contributed by atoms with E-state index in [1.54, 1.807) is 23.9 Å². The molecule has 0 N–H and O–H groups in total. The summed E-state index contributed by atoms with van der Waals surface area (Å²) in [5, 5.41) is 1.39. The molecule has 0 atom stereocenters. The molecule has 0 amide bonds. The minimum Gasteiger partial charge on any atom is -0.454 e. The Morgan fingerprint density at radius 3 is 2.65 bits per heavy atom. The molecule has 1 aliphatic rings. The molecule has 3 rings (SSSR count). The van der Waals surface area contributed by atoms with Gasteiger partial charge in [0, 0.05) is 20.1 Å². The van der Waals surface area contributed by atoms with E-state index in [-0.39, 0.29) is 6.79 Å². The molecule has 6 heteroatoms. The van der Waals surface area contributed by atoms with Crippen LogP contribution in [0.4, 0.5) is 0 Å². The van der Waals surface area contributed by atoms with Gasteiger partial charge in [-0.1, -0.05) is 39.1 Å². The summed E-state index contributed by atoms with van der Waals surface area (Å²) in [6.45, 7) is 0.276. The van der Waals surface area contributed by atoms with Crippen LogP contribution < -0.4 is 9.47 Å². The van der Waals surface area contributed by atoms with Crippen molar-refractivity contribution in [1.29, 1.82) is 0 Å². The zero-order chi connectivity index (χ0) is 14.1. The third kappa shape index (κ3) is 3.03. The molecule has 0 spiro atoms. The Morgan fingerprint density at radius 1 is 1.10 bits per heavy atom. The van der Waals surface area contributed by atoms with Gasteiger partial charge in [-0.3, -0.25) is 0 Å². The Kier molecular flexibility index (Phi) is 4.36. The molecular formula is C14H9BrCl2O2S. The molecule has 0 fully saturated rings. The van der Waals surface area contributed by atoms with Crippen LogP contribution in [0, 0.1) is 0 Å². The molecular weight excluding hydrogens is 383 g/mol. The van der Waals surface area contributed by atoms with Gasteiger partial charge in [-0.05, 0) is 35.9 Å². The highest BCUT2D eigenvalue weighted by Gasteiger charge is 2.16. The van der Waals surface area contributed by atoms with Crippen molar-refractivity contribution in [2.75, 3.05) is 6.79 Å². The predicted octanol–water partition coefficient (Wildman–Crippen LogP) is 5.78. The molecule has 20 heavy (non-hydrogen) atoms. The first-order valence-electron chi connectivity index (χ1n) is 5.79. The van der Waals surface area contributed by atoms with Crippen molar-refractivity contribution in [1.82, 2.24) is 0 Å². The number of halogens is 3. The second-order valence-electron chi connectivity index (χ2n) is 4.16. The number of thioether (sulfide) groups is 1. The van der Waals surface area contributed by atoms with Gasteiger partial charge in [0.25, 0.3) is 0 Å². The second kappa shape index (κ2) is 6.06. The van der Waals surface area contributed by atoms with Gasteiger partial charge in [0.2, 0.25) is 6.79 Å². The van der Waals surface area contributed by atoms with Crippen LogP contribution in [0.5, 0.6) is 11.5 Å². The third-order valence-electron chi connectivity index (χ3n) is 2.82. The number of hydrogen-bond donors (Lipinski definition) is 0. The lowest BCUT2D eigenvalue weighted by Gasteiger charge is -2.08. The summed E-state index contributed by atoms with van der Waals surface area (Å²) in [5.41, 5.74) is 1.12. The Morgan fingerprint density at radius 2 is 1.85 bits per heavy atom. The van der Waals surface area contributed by atoms with Gasteiger partial charge in [0.05, 0.1) is 5.02 Å². The van der Waals surface area contributed by atoms with Gasteiger partial charge in [-0.2, -0.15) is 0 Å². The topological polar surface area (TPSA) is 18.5 Å². The Balaban J connectivity index is 1.80. The highest BCUT2D eigenvalue weighted by atomic mass is 79.9. The number of fused-ring (bicyclic) bond motifs is 1. The van der Waals surface area contributed by atoms with E-state index >= 15 is 0 Å². The van der Waals surface area contributed by atoms with E-state index < -0.39 is 0 Å². The van der Waals surface area contributed by atoms with Crippen LogP contribution in [0.1, 0.15) is 5.56 Å². The number of ether oxygens (including phenoxy) is 2. The fourth-order valence-corrected chi connectivity index (χ4v) is 3.95. The number of rotatable bonds is 3. The molecule has 0 aromatic heterocycles. The Labute approximate surface area is 139 Å². The van der Waals surface area contributed by atoms with Crippen LogP contribution in [-0.2, 0) is 5.75 Å². The van der Waals surface area contributed by atoms with E-state index in [1.807, 2.05) is 18.2 Å². The van der Waals surface area contributed by atoms with Gasteiger partial charge in [0.1, 0.15) is 0 Å². The molecule has 1 aliphatic heterocycles. The molecule has 0 bridgehead atoms. The van der Waals surface area contributed by atoms with Gasteiger partial charge in [-0.15, -0.1) is 11.8 Å². The molecule has 0 radical (unpaired) electrons. The monoisotopic (exact) mass is 390 g/mol. The number of benzene rings is 2. The molecule has 0 saturated carbocycles. The predicted molar refractivity (Wildman–Crippen MR) is 86.3 cm³/mol. The summed E-state index contributed by atoms with van der Waals surface area (Å²) in [7, 11) is 0. The fourth-order valence-electron chi connectivity index (χ4n) is 1.81. The molecule has 2 aromatic rings. The maximum absolute atomic E-state index is 6.16. The average molecular weight is 392 g/mol. The zero-order valence-electron chi connectivity index (χ0n) is 10.2. The highest BCUT2D eigenvalue weighted by Crippen LogP contribution is 2.40. The van der Waals surface area contributed by atoms with Crippen LogP contribution in [-0.4, -0.2) is 6.79 Å². The first kappa shape index (κ1) is 14.4. The van der Waals surface area contributed by atoms with Crippen molar-refractivity contribution in [3.63, 3.8) is 0 Å². The second-order valence-corrected chi connectivity index (χ2v) is 6.88. The molecule has 0 unspecified atom stereocenters. The normalized spacial score (nSPS) is 12.8. The van der Waals surface area contributed by atoms with E-state index in [0.717, 1.165) is 32.2 Å². The van der Waals surface area contributed by atoms with Gasteiger partial charge in [0.15, 0.2) is 11.5 Å². The van der Waals surface area contributed by atoms with Crippen LogP contribution in [0.25, 0.3) is 0 Å². The van der Waals surface area contributed by atoms with Crippen LogP contribution in [0.15, 0.2) is 39.7 Å². The minimum atomic E-state index is 0.276. The molecule has 104 valence electrons. The van der Waals surface area contributed by atoms with Crippen molar-refractivity contribution in [3.05, 3.63) is 50.4 Å². The average Bonchev–Trinajstić information content (AvgIpc) is 2.86. The van der Waals surface area contributed by atoms with E-state index in [2.05, 4.69) is 15.9 Å². The van der Waals surface area contributed by atoms with Crippen molar-refractivity contribution in [2.24, 2.45) is 0 Å². The quantitative estimate of drug-likeness (QED) is 0.618. The molecule has 2 nitrogen and oxygen atoms in total. The lowest BCUT2D eigenvalue weighted by atomic mass is 10.2. The molecule has 0 saturated heterocycles. The van der Waals surface area contributed by atoms with Gasteiger partial charge >= 0.3 is 0 Å². The van der Waals surface area contributed by atoms with Crippen molar-refractivity contribution in [2.45, 2.75) is 10.6 Å². The first-order chi connectivity index (χ1) is 9.63. The zero-order valence-corrected chi connectivity index (χ0v) is 14.1. The maximum atomic E-state index is 6.16. The van der Waals surface area contributed by atoms with E-state index in [9.17, 15) is 0 Å². The van der Waals surface area contributed by atoms with Crippen LogP contribution >= 0.6 is 50.9 Å². The van der Waals surface area contributed by atoms with Gasteiger partial charge in [-0.25, -0.2) is 0 Å². The lowest BCUT2D eigenvalue weighted by Crippen LogP contribution is -1.92. The summed E-state index contributed by atoms with van der Waals surface area (Å²) in [6.07, 6.45) is 0. The summed E-state index contributed by atoms with van der Waals surface area (Å²) in [5.74, 6) is 2.31. The summed E-state index contributed by atoms with van der Waals surface area (Å²) >= 11 is 17.3. The standard InChI is InChI=1S/C14H9BrCl2O2S/c15-10-5-13-12(18-7-19-13)3-8(10)6-20-14-4-9(16)1-2-11(14)17/h1-5H,6-7H2. The Hall–Kier alpha value is -0.550. The minimum absolute atomic E-state index is 0.276. The summed E-state index contributed by atoms with van der Waals surface area (Å²) in [4.78, 5) is 0.962. The van der Waals surface area contributed by atoms with Crippen molar-refractivity contribution >= 4 is 50.9 Å². The SMILES string of the molecule is Clc1ccc(Cl)c(SCc2cc3c(cc2Br)OCO3)c1. The third-order valence-corrected chi connectivity index (χ3v) is 5.34. The maximum Gasteiger partial charge on any atom is 0.231 e. The molecule has 2 aromatic carbocycles. The summed E-state index contributed by atoms with van der Waals surface area (Å²) < 4.78 is 11.7. The van der Waals surface area contributed by atoms with Crippen molar-refractivity contribution < 1.29 is 9.47 Å². The van der Waals surface area contributed by atoms with Crippen LogP contribution in [0.2, 0.25) is 10.0 Å². The molecule has 0 aliphatic carbocycles. The summed E-state index contributed by atoms with van der Waals surface area (Å²) in [6, 6.07) is 9.37. The van der Waals surface area contributed by atoms with Gasteiger partial charge < -0.3 is 9.47 Å². The van der Waals surface area contributed by atoms with Crippen molar-refractivity contribution in [3.8, 4) is 11.5 Å². The first-order valence-corrected chi connectivity index (χ1v) is 8.33. The fraction of sp³-hybridized carbons (Fsp3) is 0.143. The Bertz CT molecular complexity index is 664.